The van der Waals surface area contributed by atoms with Crippen LogP contribution in [0.3, 0.4) is 0 Å². The van der Waals surface area contributed by atoms with E-state index in [2.05, 4.69) is 27.6 Å². The predicted octanol–water partition coefficient (Wildman–Crippen LogP) is 4.33. The summed E-state index contributed by atoms with van der Waals surface area (Å²) >= 11 is 3.36. The molecule has 5 heteroatoms. The Hall–Kier alpha value is -0.390. The quantitative estimate of drug-likeness (QED) is 0.821. The van der Waals surface area contributed by atoms with Crippen LogP contribution in [-0.4, -0.2) is 14.5 Å². The number of hydrogen-bond acceptors (Lipinski definition) is 2. The average Bonchev–Trinajstić information content (AvgIpc) is 2.45. The van der Waals surface area contributed by atoms with Crippen molar-refractivity contribution in [3.63, 3.8) is 0 Å². The van der Waals surface area contributed by atoms with Gasteiger partial charge in [-0.15, -0.1) is 0 Å². The molecular weight excluding hydrogens is 374 g/mol. The number of halogens is 1. The molecule has 0 heterocycles. The van der Waals surface area contributed by atoms with Crippen LogP contribution in [0.5, 0.6) is 0 Å². The van der Waals surface area contributed by atoms with Gasteiger partial charge in [-0.3, -0.25) is 0 Å². The van der Waals surface area contributed by atoms with Gasteiger partial charge in [0.1, 0.15) is 0 Å². The van der Waals surface area contributed by atoms with Crippen molar-refractivity contribution < 1.29 is 8.42 Å². The highest BCUT2D eigenvalue weighted by molar-refractivity contribution is 9.10. The summed E-state index contributed by atoms with van der Waals surface area (Å²) in [6.07, 6.45) is 7.78. The first-order chi connectivity index (χ1) is 10.9. The summed E-state index contributed by atoms with van der Waals surface area (Å²) < 4.78 is 29.3. The van der Waals surface area contributed by atoms with Crippen LogP contribution in [0.15, 0.2) is 33.6 Å². The number of sulfonamides is 1. The molecule has 3 nitrogen and oxygen atoms in total. The van der Waals surface area contributed by atoms with Crippen molar-refractivity contribution in [3.8, 4) is 0 Å². The molecule has 0 amide bonds. The second kappa shape index (κ2) is 5.57. The zero-order valence-corrected chi connectivity index (χ0v) is 15.9. The van der Waals surface area contributed by atoms with Crippen molar-refractivity contribution in [2.75, 3.05) is 0 Å². The third-order valence-corrected chi connectivity index (χ3v) is 8.55. The molecule has 1 atom stereocenters. The van der Waals surface area contributed by atoms with Crippen LogP contribution in [0.2, 0.25) is 0 Å². The topological polar surface area (TPSA) is 46.2 Å². The standard InChI is InChI=1S/C18H24BrNO2S/c1-12(20-23(21,22)17-4-2-16(19)3-5-17)18-9-13-6-14(10-18)8-15(7-13)11-18/h2-5,12-15,20H,6-11H2,1H3/t12-,13?,14?,15?,18?/m0/s1. The molecule has 1 aromatic rings. The molecule has 5 rings (SSSR count). The molecule has 1 N–H and O–H groups in total. The monoisotopic (exact) mass is 397 g/mol. The molecule has 4 fully saturated rings. The summed E-state index contributed by atoms with van der Waals surface area (Å²) in [5.74, 6) is 2.50. The van der Waals surface area contributed by atoms with Gasteiger partial charge >= 0.3 is 0 Å². The smallest absolute Gasteiger partial charge is 0.208 e. The SMILES string of the molecule is C[C@H](NS(=O)(=O)c1ccc(Br)cc1)C12CC3CC(CC(C3)C1)C2. The Balaban J connectivity index is 1.55. The Morgan fingerprint density at radius 2 is 1.52 bits per heavy atom. The first kappa shape index (κ1) is 16.1. The summed E-state index contributed by atoms with van der Waals surface area (Å²) in [7, 11) is -3.44. The van der Waals surface area contributed by atoms with E-state index in [1.165, 1.54) is 38.5 Å². The molecule has 4 saturated carbocycles. The molecule has 0 spiro atoms. The van der Waals surface area contributed by atoms with Gasteiger partial charge in [-0.25, -0.2) is 13.1 Å². The first-order valence-electron chi connectivity index (χ1n) is 8.64. The number of benzene rings is 1. The molecule has 4 aliphatic carbocycles. The fourth-order valence-corrected chi connectivity index (χ4v) is 7.36. The summed E-state index contributed by atoms with van der Waals surface area (Å²) in [5.41, 5.74) is 0.192. The van der Waals surface area contributed by atoms with E-state index in [-0.39, 0.29) is 11.5 Å². The van der Waals surface area contributed by atoms with E-state index in [1.54, 1.807) is 24.3 Å². The van der Waals surface area contributed by atoms with Gasteiger partial charge in [0.05, 0.1) is 4.90 Å². The van der Waals surface area contributed by atoms with Crippen molar-refractivity contribution in [2.24, 2.45) is 23.2 Å². The first-order valence-corrected chi connectivity index (χ1v) is 10.9. The molecule has 1 aromatic carbocycles. The molecule has 4 bridgehead atoms. The van der Waals surface area contributed by atoms with Crippen molar-refractivity contribution in [2.45, 2.75) is 56.4 Å². The number of rotatable bonds is 4. The summed E-state index contributed by atoms with van der Waals surface area (Å²) in [6.45, 7) is 2.09. The third kappa shape index (κ3) is 2.89. The maximum absolute atomic E-state index is 12.7. The van der Waals surface area contributed by atoms with Gasteiger partial charge in [0.15, 0.2) is 0 Å². The van der Waals surface area contributed by atoms with Gasteiger partial charge in [-0.1, -0.05) is 15.9 Å². The van der Waals surface area contributed by atoms with Gasteiger partial charge in [-0.2, -0.15) is 0 Å². The second-order valence-corrected chi connectivity index (χ2v) is 10.7. The summed E-state index contributed by atoms with van der Waals surface area (Å²) in [4.78, 5) is 0.359. The van der Waals surface area contributed by atoms with Gasteiger partial charge < -0.3 is 0 Å². The van der Waals surface area contributed by atoms with Crippen LogP contribution in [0.25, 0.3) is 0 Å². The van der Waals surface area contributed by atoms with Gasteiger partial charge in [0.2, 0.25) is 10.0 Å². The van der Waals surface area contributed by atoms with E-state index in [9.17, 15) is 8.42 Å². The van der Waals surface area contributed by atoms with Crippen LogP contribution < -0.4 is 4.72 Å². The van der Waals surface area contributed by atoms with Crippen molar-refractivity contribution in [3.05, 3.63) is 28.7 Å². The lowest BCUT2D eigenvalue weighted by Crippen LogP contribution is -2.55. The van der Waals surface area contributed by atoms with E-state index in [0.29, 0.717) is 4.90 Å². The van der Waals surface area contributed by atoms with Gasteiger partial charge in [-0.05, 0) is 92.9 Å². The van der Waals surface area contributed by atoms with Crippen LogP contribution >= 0.6 is 15.9 Å². The third-order valence-electron chi connectivity index (χ3n) is 6.46. The molecule has 0 radical (unpaired) electrons. The highest BCUT2D eigenvalue weighted by Gasteiger charge is 2.53. The largest absolute Gasteiger partial charge is 0.240 e. The normalized spacial score (nSPS) is 37.0. The Morgan fingerprint density at radius 3 is 2.00 bits per heavy atom. The highest BCUT2D eigenvalue weighted by atomic mass is 79.9. The fourth-order valence-electron chi connectivity index (χ4n) is 5.75. The summed E-state index contributed by atoms with van der Waals surface area (Å²) in [6, 6.07) is 6.91. The maximum atomic E-state index is 12.7. The van der Waals surface area contributed by atoms with Gasteiger partial charge in [0.25, 0.3) is 0 Å². The Kier molecular flexibility index (Phi) is 3.90. The molecule has 0 unspecified atom stereocenters. The average molecular weight is 398 g/mol. The molecule has 0 saturated heterocycles. The zero-order valence-electron chi connectivity index (χ0n) is 13.5. The Morgan fingerprint density at radius 1 is 1.04 bits per heavy atom. The molecular formula is C18H24BrNO2S. The molecule has 4 aliphatic rings. The fraction of sp³-hybridized carbons (Fsp3) is 0.667. The van der Waals surface area contributed by atoms with Gasteiger partial charge in [0, 0.05) is 10.5 Å². The minimum atomic E-state index is -3.44. The molecule has 0 aliphatic heterocycles. The van der Waals surface area contributed by atoms with E-state index < -0.39 is 10.0 Å². The van der Waals surface area contributed by atoms with E-state index >= 15 is 0 Å². The molecule has 23 heavy (non-hydrogen) atoms. The van der Waals surface area contributed by atoms with Crippen molar-refractivity contribution in [1.82, 2.24) is 4.72 Å². The molecule has 0 aromatic heterocycles. The van der Waals surface area contributed by atoms with Crippen LogP contribution in [0.4, 0.5) is 0 Å². The number of hydrogen-bond donors (Lipinski definition) is 1. The Labute approximate surface area is 147 Å². The lowest BCUT2D eigenvalue weighted by molar-refractivity contribution is -0.0666. The van der Waals surface area contributed by atoms with Crippen molar-refractivity contribution in [1.29, 1.82) is 0 Å². The van der Waals surface area contributed by atoms with E-state index in [1.807, 2.05) is 0 Å². The van der Waals surface area contributed by atoms with Crippen LogP contribution in [0, 0.1) is 23.2 Å². The molecule has 126 valence electrons. The predicted molar refractivity (Wildman–Crippen MR) is 94.5 cm³/mol. The minimum absolute atomic E-state index is 0.0181. The minimum Gasteiger partial charge on any atom is -0.208 e. The summed E-state index contributed by atoms with van der Waals surface area (Å²) in [5, 5.41) is 0. The highest BCUT2D eigenvalue weighted by Crippen LogP contribution is 2.61. The Bertz CT molecular complexity index is 663. The second-order valence-electron chi connectivity index (χ2n) is 8.08. The van der Waals surface area contributed by atoms with E-state index in [4.69, 9.17) is 0 Å². The maximum Gasteiger partial charge on any atom is 0.240 e. The van der Waals surface area contributed by atoms with E-state index in [0.717, 1.165) is 22.2 Å². The lowest BCUT2D eigenvalue weighted by Gasteiger charge is -2.59. The van der Waals surface area contributed by atoms with Crippen LogP contribution in [0.1, 0.15) is 45.4 Å². The van der Waals surface area contributed by atoms with Crippen molar-refractivity contribution >= 4 is 26.0 Å². The van der Waals surface area contributed by atoms with Crippen LogP contribution in [-0.2, 0) is 10.0 Å². The zero-order chi connectivity index (χ0) is 16.2. The number of nitrogens with one attached hydrogen (secondary N) is 1. The lowest BCUT2D eigenvalue weighted by atomic mass is 9.48.